The van der Waals surface area contributed by atoms with Crippen molar-refractivity contribution >= 4 is 11.5 Å². The molecule has 0 aliphatic carbocycles. The Kier molecular flexibility index (Phi) is 2.94. The van der Waals surface area contributed by atoms with E-state index in [9.17, 15) is 9.59 Å². The third kappa shape index (κ3) is 2.26. The van der Waals surface area contributed by atoms with E-state index in [1.54, 1.807) is 6.20 Å². The smallest absolute Gasteiger partial charge is 0.356 e. The number of aromatic amines is 1. The van der Waals surface area contributed by atoms with Crippen LogP contribution in [0.25, 0.3) is 5.52 Å². The number of rotatable bonds is 2. The zero-order valence-electron chi connectivity index (χ0n) is 12.0. The van der Waals surface area contributed by atoms with Crippen molar-refractivity contribution in [3.63, 3.8) is 0 Å². The number of benzene rings is 1. The highest BCUT2D eigenvalue weighted by Gasteiger charge is 2.23. The van der Waals surface area contributed by atoms with Gasteiger partial charge in [0.1, 0.15) is 17.4 Å². The molecule has 1 aliphatic heterocycles. The minimum Gasteiger partial charge on any atom is -0.484 e. The second kappa shape index (κ2) is 4.98. The molecule has 1 aromatic carbocycles. The van der Waals surface area contributed by atoms with Gasteiger partial charge in [0.15, 0.2) is 5.69 Å². The predicted octanol–water partition coefficient (Wildman–Crippen LogP) is 1.79. The van der Waals surface area contributed by atoms with Gasteiger partial charge in [0.05, 0.1) is 11.9 Å². The molecule has 4 rings (SSSR count). The molecule has 7 nitrogen and oxygen atoms in total. The molecule has 0 spiro atoms. The van der Waals surface area contributed by atoms with Crippen molar-refractivity contribution in [1.82, 2.24) is 14.6 Å². The number of nitrogens with one attached hydrogen (secondary N) is 1. The third-order valence-electron chi connectivity index (χ3n) is 3.97. The molecule has 7 heteroatoms. The van der Waals surface area contributed by atoms with Crippen molar-refractivity contribution in [3.05, 3.63) is 63.8 Å². The number of nitrogens with zero attached hydrogens (tertiary/aromatic N) is 2. The number of aromatic nitrogens is 3. The van der Waals surface area contributed by atoms with Crippen LogP contribution in [0.3, 0.4) is 0 Å². The molecular formula is C16H13N3O4. The lowest BCUT2D eigenvalue weighted by Gasteiger charge is -2.25. The molecule has 0 saturated carbocycles. The summed E-state index contributed by atoms with van der Waals surface area (Å²) in [6.45, 7) is 0. The number of H-pyrrole nitrogens is 1. The highest BCUT2D eigenvalue weighted by atomic mass is 16.5. The van der Waals surface area contributed by atoms with Gasteiger partial charge in [0.2, 0.25) is 0 Å². The summed E-state index contributed by atoms with van der Waals surface area (Å²) < 4.78 is 7.24. The van der Waals surface area contributed by atoms with Crippen LogP contribution >= 0.6 is 0 Å². The van der Waals surface area contributed by atoms with Gasteiger partial charge in [0.25, 0.3) is 5.56 Å². The fourth-order valence-corrected chi connectivity index (χ4v) is 2.83. The summed E-state index contributed by atoms with van der Waals surface area (Å²) in [5.74, 6) is -0.367. The summed E-state index contributed by atoms with van der Waals surface area (Å²) in [4.78, 5) is 25.9. The number of hydrogen-bond donors (Lipinski definition) is 2. The van der Waals surface area contributed by atoms with E-state index in [1.807, 2.05) is 24.3 Å². The monoisotopic (exact) mass is 311 g/mol. The number of aromatic carboxylic acids is 1. The molecule has 0 saturated heterocycles. The lowest BCUT2D eigenvalue weighted by atomic mass is 10.0. The van der Waals surface area contributed by atoms with Gasteiger partial charge in [-0.3, -0.25) is 4.79 Å². The second-order valence-electron chi connectivity index (χ2n) is 5.46. The summed E-state index contributed by atoms with van der Waals surface area (Å²) >= 11 is 0. The van der Waals surface area contributed by atoms with Gasteiger partial charge in [-0.1, -0.05) is 18.2 Å². The number of hydrogen-bond acceptors (Lipinski definition) is 4. The maximum atomic E-state index is 12.2. The first-order chi connectivity index (χ1) is 11.1. The highest BCUT2D eigenvalue weighted by Crippen LogP contribution is 2.33. The average molecular weight is 311 g/mol. The van der Waals surface area contributed by atoms with E-state index in [4.69, 9.17) is 9.84 Å². The largest absolute Gasteiger partial charge is 0.484 e. The second-order valence-corrected chi connectivity index (χ2v) is 5.46. The van der Waals surface area contributed by atoms with Crippen LogP contribution in [0.2, 0.25) is 0 Å². The van der Waals surface area contributed by atoms with E-state index < -0.39 is 5.97 Å². The first kappa shape index (κ1) is 13.6. The van der Waals surface area contributed by atoms with E-state index >= 15 is 0 Å². The van der Waals surface area contributed by atoms with Gasteiger partial charge in [-0.15, -0.1) is 0 Å². The Balaban J connectivity index is 1.75. The lowest BCUT2D eigenvalue weighted by Crippen LogP contribution is -2.21. The van der Waals surface area contributed by atoms with Crippen molar-refractivity contribution in [1.29, 1.82) is 0 Å². The van der Waals surface area contributed by atoms with Crippen molar-refractivity contribution in [2.45, 2.75) is 18.9 Å². The van der Waals surface area contributed by atoms with E-state index in [0.717, 1.165) is 24.2 Å². The van der Waals surface area contributed by atoms with Crippen molar-refractivity contribution in [2.24, 2.45) is 0 Å². The maximum absolute atomic E-state index is 12.2. The molecular weight excluding hydrogens is 298 g/mol. The summed E-state index contributed by atoms with van der Waals surface area (Å²) in [6, 6.07) is 9.04. The highest BCUT2D eigenvalue weighted by molar-refractivity contribution is 5.86. The number of aryl methyl sites for hydroxylation is 1. The molecule has 2 N–H and O–H groups in total. The molecule has 0 amide bonds. The molecule has 0 bridgehead atoms. The van der Waals surface area contributed by atoms with Crippen LogP contribution in [0.1, 0.15) is 34.3 Å². The molecule has 1 aliphatic rings. The summed E-state index contributed by atoms with van der Waals surface area (Å²) in [6.07, 6.45) is 2.90. The van der Waals surface area contributed by atoms with Crippen LogP contribution in [0.4, 0.5) is 0 Å². The standard InChI is InChI=1S/C16H13N3O4/c20-15-12-7-10(16(21)22)18-19(12)8-11(17-15)14-6-5-9-3-1-2-4-13(9)23-14/h1-4,7-8,14H,5-6H2,(H,17,20)(H,21,22). The van der Waals surface area contributed by atoms with Gasteiger partial charge in [-0.25, -0.2) is 9.31 Å². The Morgan fingerprint density at radius 2 is 2.22 bits per heavy atom. The van der Waals surface area contributed by atoms with Crippen LogP contribution in [-0.4, -0.2) is 25.7 Å². The Morgan fingerprint density at radius 3 is 3.04 bits per heavy atom. The number of carboxylic acid groups (broad SMARTS) is 1. The zero-order chi connectivity index (χ0) is 16.0. The lowest BCUT2D eigenvalue weighted by molar-refractivity contribution is 0.0690. The van der Waals surface area contributed by atoms with Gasteiger partial charge < -0.3 is 14.8 Å². The van der Waals surface area contributed by atoms with Crippen LogP contribution in [0.5, 0.6) is 5.75 Å². The third-order valence-corrected chi connectivity index (χ3v) is 3.97. The molecule has 3 aromatic rings. The zero-order valence-corrected chi connectivity index (χ0v) is 12.0. The van der Waals surface area contributed by atoms with E-state index in [1.165, 1.54) is 10.6 Å². The summed E-state index contributed by atoms with van der Waals surface area (Å²) in [7, 11) is 0. The molecule has 1 atom stereocenters. The van der Waals surface area contributed by atoms with Crippen LogP contribution in [0.15, 0.2) is 41.3 Å². The first-order valence-corrected chi connectivity index (χ1v) is 7.22. The van der Waals surface area contributed by atoms with Gasteiger partial charge in [0, 0.05) is 6.07 Å². The van der Waals surface area contributed by atoms with Crippen LogP contribution in [-0.2, 0) is 6.42 Å². The molecule has 3 heterocycles. The molecule has 23 heavy (non-hydrogen) atoms. The number of carboxylic acids is 1. The molecule has 1 unspecified atom stereocenters. The quantitative estimate of drug-likeness (QED) is 0.752. The number of carbonyl (C=O) groups is 1. The van der Waals surface area contributed by atoms with Crippen molar-refractivity contribution < 1.29 is 14.6 Å². The molecule has 0 radical (unpaired) electrons. The Labute approximate surface area is 130 Å². The molecule has 0 fully saturated rings. The fraction of sp³-hybridized carbons (Fsp3) is 0.188. The van der Waals surface area contributed by atoms with Gasteiger partial charge in [-0.2, -0.15) is 5.10 Å². The van der Waals surface area contributed by atoms with E-state index in [2.05, 4.69) is 10.1 Å². The Bertz CT molecular complexity index is 973. The summed E-state index contributed by atoms with van der Waals surface area (Å²) in [5, 5.41) is 12.9. The van der Waals surface area contributed by atoms with Gasteiger partial charge in [-0.05, 0) is 24.5 Å². The average Bonchev–Trinajstić information content (AvgIpc) is 2.99. The fourth-order valence-electron chi connectivity index (χ4n) is 2.83. The molecule has 116 valence electrons. The summed E-state index contributed by atoms with van der Waals surface area (Å²) in [5.41, 5.74) is 1.37. The normalized spacial score (nSPS) is 16.8. The van der Waals surface area contributed by atoms with Crippen LogP contribution < -0.4 is 10.3 Å². The van der Waals surface area contributed by atoms with E-state index in [0.29, 0.717) is 5.69 Å². The number of ether oxygens (including phenoxy) is 1. The van der Waals surface area contributed by atoms with Crippen molar-refractivity contribution in [2.75, 3.05) is 0 Å². The topological polar surface area (TPSA) is 96.7 Å². The Morgan fingerprint density at radius 1 is 1.39 bits per heavy atom. The predicted molar refractivity (Wildman–Crippen MR) is 80.9 cm³/mol. The van der Waals surface area contributed by atoms with E-state index in [-0.39, 0.29) is 22.9 Å². The first-order valence-electron chi connectivity index (χ1n) is 7.22. The number of para-hydroxylation sites is 1. The minimum absolute atomic E-state index is 0.164. The Hall–Kier alpha value is -3.09. The maximum Gasteiger partial charge on any atom is 0.356 e. The number of fused-ring (bicyclic) bond motifs is 2. The SMILES string of the molecule is O=C(O)c1cc2c(=O)[nH]c(C3CCc4ccccc4O3)cn2n1. The minimum atomic E-state index is -1.17. The molecule has 2 aromatic heterocycles. The van der Waals surface area contributed by atoms with Crippen LogP contribution in [0, 0.1) is 0 Å². The van der Waals surface area contributed by atoms with Crippen molar-refractivity contribution in [3.8, 4) is 5.75 Å². The van der Waals surface area contributed by atoms with Gasteiger partial charge >= 0.3 is 5.97 Å².